The van der Waals surface area contributed by atoms with E-state index in [-0.39, 0.29) is 0 Å². The van der Waals surface area contributed by atoms with Gasteiger partial charge in [-0.05, 0) is 16.6 Å². The number of benzene rings is 7. The Morgan fingerprint density at radius 2 is 0.571 bits per heavy atom. The maximum absolute atomic E-state index is 7.29. The molecule has 7 aromatic carbocycles. The van der Waals surface area contributed by atoms with Gasteiger partial charge in [-0.2, -0.15) is 0 Å². The summed E-state index contributed by atoms with van der Waals surface area (Å²) in [5.41, 5.74) is 36.7. The molecular weight excluding hydrogens is 829 g/mol. The number of hydrogen-bond donors (Lipinski definition) is 0. The smallest absolute Gasteiger partial charge is 0.164 e. The molecule has 9 aromatic rings. The summed E-state index contributed by atoms with van der Waals surface area (Å²) in [6.07, 6.45) is 0. The summed E-state index contributed by atoms with van der Waals surface area (Å²) in [5.74, 6) is 1.93. The van der Waals surface area contributed by atoms with Gasteiger partial charge in [-0.15, -0.1) is 10.9 Å². The van der Waals surface area contributed by atoms with Crippen LogP contribution in [0.5, 0.6) is 0 Å². The maximum atomic E-state index is 7.29. The van der Waals surface area contributed by atoms with Gasteiger partial charge in [0.25, 0.3) is 0 Å². The van der Waals surface area contributed by atoms with Crippen LogP contribution in [-0.2, 0) is 0 Å². The minimum atomic E-state index is 0.643. The molecule has 0 saturated heterocycles. The van der Waals surface area contributed by atoms with Crippen LogP contribution in [0.4, 0.5) is 17.1 Å². The Bertz CT molecular complexity index is 3530. The van der Waals surface area contributed by atoms with Crippen LogP contribution < -0.4 is 114 Å². The first-order valence-corrected chi connectivity index (χ1v) is 25.0. The van der Waals surface area contributed by atoms with E-state index in [9.17, 15) is 0 Å². The zero-order valence-corrected chi connectivity index (χ0v) is 45.5. The molecule has 0 atom stereocenters. The van der Waals surface area contributed by atoms with E-state index in [1.807, 2.05) is 36.4 Å². The molecule has 0 radical (unpaired) electrons. The highest BCUT2D eigenvalue weighted by atomic mass is 16.3. The van der Waals surface area contributed by atoms with Crippen molar-refractivity contribution in [2.75, 3.05) is 4.90 Å². The number of furan rings is 1. The lowest BCUT2D eigenvalue weighted by molar-refractivity contribution is 0.675. The van der Waals surface area contributed by atoms with Crippen molar-refractivity contribution in [2.24, 2.45) is 0 Å². The Hall–Kier alpha value is -5.55. The van der Waals surface area contributed by atoms with E-state index in [4.69, 9.17) is 19.4 Å². The minimum absolute atomic E-state index is 0.643. The van der Waals surface area contributed by atoms with Crippen LogP contribution in [0.3, 0.4) is 0 Å². The van der Waals surface area contributed by atoms with Gasteiger partial charge in [0.2, 0.25) is 0 Å². The van der Waals surface area contributed by atoms with Crippen molar-refractivity contribution in [3.8, 4) is 45.3 Å². The SMILES string of the molecule is Bc1c(B)c(B)c(N(c2c(B)c(B)c(B)c(B)c2B)c2c(B)c(B)c(-c3c(B)c(B)c4c(oc5c(B)c(B)c(B)c(-c6nc(-c7ccccc7)nc(-c7ccccc7)n6)c54)c3B)c(B)c2B)c(B)c1B. The van der Waals surface area contributed by atoms with Crippen molar-refractivity contribution in [2.45, 2.75) is 0 Å². The molecule has 0 aliphatic heterocycles. The quantitative estimate of drug-likeness (QED) is 0.149. The van der Waals surface area contributed by atoms with Crippen LogP contribution in [-0.4, -0.2) is 172 Å². The first-order valence-electron chi connectivity index (χ1n) is 25.0. The molecule has 316 valence electrons. The van der Waals surface area contributed by atoms with Crippen LogP contribution in [0.25, 0.3) is 67.2 Å². The zero-order chi connectivity index (χ0) is 50.7. The Balaban J connectivity index is 1.35. The lowest BCUT2D eigenvalue weighted by Gasteiger charge is -2.39. The van der Waals surface area contributed by atoms with E-state index < -0.39 is 0 Å². The molecular formula is C45H50B20N4O. The molecule has 70 heavy (non-hydrogen) atoms. The summed E-state index contributed by atoms with van der Waals surface area (Å²) in [4.78, 5) is 18.3. The third-order valence-electron chi connectivity index (χ3n) is 17.4. The van der Waals surface area contributed by atoms with Gasteiger partial charge in [-0.3, -0.25) is 0 Å². The van der Waals surface area contributed by atoms with Gasteiger partial charge >= 0.3 is 0 Å². The Kier molecular flexibility index (Phi) is 12.9. The number of aromatic nitrogens is 3. The summed E-state index contributed by atoms with van der Waals surface area (Å²) in [5, 5.41) is 2.18. The molecule has 0 amide bonds. The van der Waals surface area contributed by atoms with Gasteiger partial charge in [0.15, 0.2) is 17.5 Å². The molecule has 0 unspecified atom stereocenters. The van der Waals surface area contributed by atoms with Crippen molar-refractivity contribution in [3.05, 3.63) is 60.7 Å². The van der Waals surface area contributed by atoms with Crippen molar-refractivity contribution in [3.63, 3.8) is 0 Å². The highest BCUT2D eigenvalue weighted by Crippen LogP contribution is 2.34. The third kappa shape index (κ3) is 7.40. The minimum Gasteiger partial charge on any atom is -0.457 e. The highest BCUT2D eigenvalue weighted by Gasteiger charge is 2.31. The topological polar surface area (TPSA) is 55.1 Å². The van der Waals surface area contributed by atoms with Gasteiger partial charge in [0.05, 0.1) is 0 Å². The predicted octanol–water partition coefficient (Wildman–Crippen LogP) is -22.9. The van der Waals surface area contributed by atoms with Crippen LogP contribution in [0, 0.1) is 0 Å². The summed E-state index contributed by atoms with van der Waals surface area (Å²) in [6, 6.07) is 20.5. The Morgan fingerprint density at radius 1 is 0.271 bits per heavy atom. The molecule has 0 N–H and O–H groups in total. The molecule has 0 aliphatic rings. The van der Waals surface area contributed by atoms with Crippen molar-refractivity contribution in [1.82, 2.24) is 15.0 Å². The van der Waals surface area contributed by atoms with Crippen molar-refractivity contribution >= 4 is 305 Å². The van der Waals surface area contributed by atoms with Gasteiger partial charge in [0.1, 0.15) is 168 Å². The summed E-state index contributed by atoms with van der Waals surface area (Å²) in [6.45, 7) is 0. The fourth-order valence-corrected chi connectivity index (χ4v) is 11.7. The van der Waals surface area contributed by atoms with E-state index in [2.05, 4.69) is 186 Å². The molecule has 9 rings (SSSR count). The average molecular weight is 879 g/mol. The number of anilines is 3. The summed E-state index contributed by atoms with van der Waals surface area (Å²) in [7, 11) is 45.9. The number of hydrogen-bond acceptors (Lipinski definition) is 5. The maximum Gasteiger partial charge on any atom is 0.164 e. The molecule has 0 bridgehead atoms. The molecule has 0 fully saturated rings. The summed E-state index contributed by atoms with van der Waals surface area (Å²) < 4.78 is 7.29. The monoisotopic (exact) mass is 883 g/mol. The predicted molar refractivity (Wildman–Crippen MR) is 367 cm³/mol. The molecule has 25 heteroatoms. The van der Waals surface area contributed by atoms with E-state index in [0.29, 0.717) is 17.5 Å². The van der Waals surface area contributed by atoms with Crippen LogP contribution in [0.15, 0.2) is 65.1 Å². The molecule has 0 aliphatic carbocycles. The third-order valence-corrected chi connectivity index (χ3v) is 17.4. The van der Waals surface area contributed by atoms with Crippen LogP contribution in [0.2, 0.25) is 0 Å². The second-order valence-corrected chi connectivity index (χ2v) is 20.6. The lowest BCUT2D eigenvalue weighted by Crippen LogP contribution is -2.60. The Morgan fingerprint density at radius 3 is 0.986 bits per heavy atom. The molecule has 0 spiro atoms. The van der Waals surface area contributed by atoms with Crippen molar-refractivity contribution in [1.29, 1.82) is 0 Å². The van der Waals surface area contributed by atoms with Gasteiger partial charge in [0, 0.05) is 44.5 Å². The fraction of sp³-hybridized carbons (Fsp3) is 0. The Labute approximate surface area is 432 Å². The lowest BCUT2D eigenvalue weighted by atomic mass is 9.58. The standard InChI is InChI=1S/C45H50B20N4O/c46-18-15(14-19(47)31(59)38(32(60)20(14)48)69(39-33(61)27(55)25(53)28(56)34(39)62)40-35(63)29(57)26(54)30(58)36(40)64)23(51)42-16(21(18)49)13-17(22(50)24(52)37(65)41(13)70-42)45-67-43(11-7-3-1-4-8-11)66-44(68-45)12-9-5-2-6-10-12/h1-10H,46-65H2. The van der Waals surface area contributed by atoms with E-state index in [1.165, 1.54) is 121 Å². The number of fused-ring (bicyclic) bond motifs is 3. The molecule has 5 nitrogen and oxygen atoms in total. The molecule has 2 heterocycles. The molecule has 0 saturated carbocycles. The van der Waals surface area contributed by atoms with Gasteiger partial charge in [-0.1, -0.05) is 154 Å². The average Bonchev–Trinajstić information content (AvgIpc) is 3.76. The first kappa shape index (κ1) is 49.4. The van der Waals surface area contributed by atoms with E-state index >= 15 is 0 Å². The van der Waals surface area contributed by atoms with E-state index in [0.717, 1.165) is 55.0 Å². The summed E-state index contributed by atoms with van der Waals surface area (Å²) >= 11 is 0. The number of nitrogens with zero attached hydrogens (tertiary/aromatic N) is 4. The van der Waals surface area contributed by atoms with Gasteiger partial charge < -0.3 is 9.32 Å². The van der Waals surface area contributed by atoms with Gasteiger partial charge in [-0.25, -0.2) is 15.0 Å². The number of rotatable bonds is 7. The second-order valence-electron chi connectivity index (χ2n) is 20.6. The second kappa shape index (κ2) is 18.2. The largest absolute Gasteiger partial charge is 0.457 e. The highest BCUT2D eigenvalue weighted by molar-refractivity contribution is 6.73. The first-order chi connectivity index (χ1) is 33.1. The normalized spacial score (nSPS) is 11.4. The van der Waals surface area contributed by atoms with Crippen LogP contribution in [0.1, 0.15) is 0 Å². The van der Waals surface area contributed by atoms with E-state index in [1.54, 1.807) is 0 Å². The zero-order valence-electron chi connectivity index (χ0n) is 45.5. The van der Waals surface area contributed by atoms with Crippen LogP contribution >= 0.6 is 0 Å². The molecule has 2 aromatic heterocycles. The van der Waals surface area contributed by atoms with Crippen molar-refractivity contribution < 1.29 is 4.42 Å². The fourth-order valence-electron chi connectivity index (χ4n) is 11.7.